The van der Waals surface area contributed by atoms with Crippen molar-refractivity contribution in [3.8, 4) is 0 Å². The number of anilines is 1. The molecule has 0 spiro atoms. The molecular formula is C15H22N2O2. The molecule has 1 heterocycles. The molecule has 104 valence electrons. The highest BCUT2D eigenvalue weighted by Gasteiger charge is 2.22. The van der Waals surface area contributed by atoms with Crippen molar-refractivity contribution >= 4 is 11.6 Å². The number of likely N-dealkylation sites (tertiary alicyclic amines) is 1. The van der Waals surface area contributed by atoms with Crippen LogP contribution in [-0.4, -0.2) is 49.2 Å². The first-order chi connectivity index (χ1) is 9.20. The second-order valence-electron chi connectivity index (χ2n) is 5.21. The van der Waals surface area contributed by atoms with E-state index in [1.54, 1.807) is 4.90 Å². The molecule has 1 saturated heterocycles. The number of likely N-dealkylation sites (N-methyl/N-ethyl adjacent to an activating group) is 1. The molecule has 4 heteroatoms. The van der Waals surface area contributed by atoms with E-state index in [2.05, 4.69) is 4.90 Å². The van der Waals surface area contributed by atoms with Crippen LogP contribution in [-0.2, 0) is 4.79 Å². The summed E-state index contributed by atoms with van der Waals surface area (Å²) in [4.78, 5) is 16.1. The SMILES string of the molecule is CN(C(=O)CN1CCCC(CO)C1)c1ccccc1. The van der Waals surface area contributed by atoms with E-state index in [9.17, 15) is 9.90 Å². The fourth-order valence-corrected chi connectivity index (χ4v) is 2.54. The van der Waals surface area contributed by atoms with Gasteiger partial charge in [0, 0.05) is 25.9 Å². The lowest BCUT2D eigenvalue weighted by Crippen LogP contribution is -2.43. The van der Waals surface area contributed by atoms with Crippen LogP contribution in [0.3, 0.4) is 0 Å². The predicted octanol–water partition coefficient (Wildman–Crippen LogP) is 1.35. The van der Waals surface area contributed by atoms with Gasteiger partial charge in [-0.15, -0.1) is 0 Å². The maximum absolute atomic E-state index is 12.2. The van der Waals surface area contributed by atoms with Crippen LogP contribution in [0.5, 0.6) is 0 Å². The van der Waals surface area contributed by atoms with Gasteiger partial charge in [-0.2, -0.15) is 0 Å². The number of amides is 1. The third-order valence-corrected chi connectivity index (χ3v) is 3.74. The molecule has 0 aliphatic carbocycles. The van der Waals surface area contributed by atoms with E-state index in [0.717, 1.165) is 31.6 Å². The van der Waals surface area contributed by atoms with Gasteiger partial charge in [-0.25, -0.2) is 0 Å². The van der Waals surface area contributed by atoms with Gasteiger partial charge >= 0.3 is 0 Å². The molecule has 1 N–H and O–H groups in total. The number of aliphatic hydroxyl groups is 1. The van der Waals surface area contributed by atoms with Crippen LogP contribution in [0.25, 0.3) is 0 Å². The van der Waals surface area contributed by atoms with Crippen molar-refractivity contribution in [2.75, 3.05) is 38.2 Å². The average molecular weight is 262 g/mol. The molecule has 1 aromatic rings. The highest BCUT2D eigenvalue weighted by Crippen LogP contribution is 2.17. The Morgan fingerprint density at radius 3 is 2.84 bits per heavy atom. The number of hydrogen-bond donors (Lipinski definition) is 1. The van der Waals surface area contributed by atoms with E-state index >= 15 is 0 Å². The highest BCUT2D eigenvalue weighted by molar-refractivity contribution is 5.94. The number of carbonyl (C=O) groups is 1. The van der Waals surface area contributed by atoms with Gasteiger partial charge in [0.05, 0.1) is 6.54 Å². The molecular weight excluding hydrogens is 240 g/mol. The van der Waals surface area contributed by atoms with Crippen LogP contribution in [0.2, 0.25) is 0 Å². The lowest BCUT2D eigenvalue weighted by molar-refractivity contribution is -0.120. The normalized spacial score (nSPS) is 20.2. The molecule has 1 aliphatic rings. The number of hydrogen-bond acceptors (Lipinski definition) is 3. The second kappa shape index (κ2) is 6.68. The fraction of sp³-hybridized carbons (Fsp3) is 0.533. The number of carbonyl (C=O) groups excluding carboxylic acids is 1. The van der Waals surface area contributed by atoms with Gasteiger partial charge in [0.1, 0.15) is 0 Å². The summed E-state index contributed by atoms with van der Waals surface area (Å²) < 4.78 is 0. The van der Waals surface area contributed by atoms with Gasteiger partial charge in [0.2, 0.25) is 5.91 Å². The first kappa shape index (κ1) is 14.0. The summed E-state index contributed by atoms with van der Waals surface area (Å²) in [6.45, 7) is 2.43. The molecule has 1 atom stereocenters. The maximum Gasteiger partial charge on any atom is 0.240 e. The van der Waals surface area contributed by atoms with E-state index in [-0.39, 0.29) is 12.5 Å². The Labute approximate surface area is 114 Å². The van der Waals surface area contributed by atoms with E-state index in [4.69, 9.17) is 0 Å². The minimum absolute atomic E-state index is 0.102. The molecule has 0 bridgehead atoms. The lowest BCUT2D eigenvalue weighted by atomic mass is 9.99. The van der Waals surface area contributed by atoms with Crippen LogP contribution in [0.4, 0.5) is 5.69 Å². The molecule has 0 saturated carbocycles. The quantitative estimate of drug-likeness (QED) is 0.891. The largest absolute Gasteiger partial charge is 0.396 e. The van der Waals surface area contributed by atoms with Crippen molar-refractivity contribution in [3.05, 3.63) is 30.3 Å². The van der Waals surface area contributed by atoms with Gasteiger partial charge in [-0.1, -0.05) is 18.2 Å². The summed E-state index contributed by atoms with van der Waals surface area (Å²) in [5, 5.41) is 9.21. The minimum atomic E-state index is 0.102. The Balaban J connectivity index is 1.90. The fourth-order valence-electron chi connectivity index (χ4n) is 2.54. The zero-order valence-electron chi connectivity index (χ0n) is 11.5. The van der Waals surface area contributed by atoms with Crippen molar-refractivity contribution in [2.24, 2.45) is 5.92 Å². The summed E-state index contributed by atoms with van der Waals surface area (Å²) in [7, 11) is 1.81. The molecule has 0 aromatic heterocycles. The third kappa shape index (κ3) is 3.78. The summed E-state index contributed by atoms with van der Waals surface area (Å²) >= 11 is 0. The van der Waals surface area contributed by atoms with Crippen LogP contribution in [0.1, 0.15) is 12.8 Å². The van der Waals surface area contributed by atoms with Gasteiger partial charge < -0.3 is 10.0 Å². The molecule has 0 radical (unpaired) electrons. The average Bonchev–Trinajstić information content (AvgIpc) is 2.47. The maximum atomic E-state index is 12.2. The number of piperidine rings is 1. The van der Waals surface area contributed by atoms with Crippen LogP contribution < -0.4 is 4.90 Å². The Hall–Kier alpha value is -1.39. The van der Waals surface area contributed by atoms with E-state index in [1.807, 2.05) is 37.4 Å². The van der Waals surface area contributed by atoms with Crippen molar-refractivity contribution in [1.29, 1.82) is 0 Å². The predicted molar refractivity (Wildman–Crippen MR) is 76.1 cm³/mol. The topological polar surface area (TPSA) is 43.8 Å². The molecule has 1 aliphatic heterocycles. The van der Waals surface area contributed by atoms with Gasteiger partial charge in [-0.3, -0.25) is 9.69 Å². The second-order valence-corrected chi connectivity index (χ2v) is 5.21. The van der Waals surface area contributed by atoms with Crippen molar-refractivity contribution in [2.45, 2.75) is 12.8 Å². The van der Waals surface area contributed by atoms with E-state index in [0.29, 0.717) is 12.5 Å². The summed E-state index contributed by atoms with van der Waals surface area (Å²) in [6, 6.07) is 9.68. The molecule has 1 fully saturated rings. The highest BCUT2D eigenvalue weighted by atomic mass is 16.3. The van der Waals surface area contributed by atoms with Crippen LogP contribution in [0, 0.1) is 5.92 Å². The minimum Gasteiger partial charge on any atom is -0.396 e. The first-order valence-corrected chi connectivity index (χ1v) is 6.85. The van der Waals surface area contributed by atoms with Gasteiger partial charge in [0.25, 0.3) is 0 Å². The van der Waals surface area contributed by atoms with Crippen LogP contribution >= 0.6 is 0 Å². The van der Waals surface area contributed by atoms with Gasteiger partial charge in [-0.05, 0) is 37.4 Å². The third-order valence-electron chi connectivity index (χ3n) is 3.74. The molecule has 1 aromatic carbocycles. The standard InChI is InChI=1S/C15H22N2O2/c1-16(14-7-3-2-4-8-14)15(19)11-17-9-5-6-13(10-17)12-18/h2-4,7-8,13,18H,5-6,9-12H2,1H3. The number of rotatable bonds is 4. The molecule has 2 rings (SSSR count). The number of benzene rings is 1. The summed E-state index contributed by atoms with van der Waals surface area (Å²) in [5.41, 5.74) is 0.920. The molecule has 19 heavy (non-hydrogen) atoms. The number of aliphatic hydroxyl groups excluding tert-OH is 1. The number of nitrogens with zero attached hydrogens (tertiary/aromatic N) is 2. The number of para-hydroxylation sites is 1. The lowest BCUT2D eigenvalue weighted by Gasteiger charge is -2.32. The Bertz CT molecular complexity index is 408. The Kier molecular flexibility index (Phi) is 4.93. The van der Waals surface area contributed by atoms with Gasteiger partial charge in [0.15, 0.2) is 0 Å². The zero-order chi connectivity index (χ0) is 13.7. The van der Waals surface area contributed by atoms with Crippen LogP contribution in [0.15, 0.2) is 30.3 Å². The van der Waals surface area contributed by atoms with E-state index < -0.39 is 0 Å². The summed E-state index contributed by atoms with van der Waals surface area (Å²) in [6.07, 6.45) is 2.13. The summed E-state index contributed by atoms with van der Waals surface area (Å²) in [5.74, 6) is 0.424. The first-order valence-electron chi connectivity index (χ1n) is 6.85. The molecule has 1 unspecified atom stereocenters. The smallest absolute Gasteiger partial charge is 0.240 e. The molecule has 4 nitrogen and oxygen atoms in total. The molecule has 1 amide bonds. The van der Waals surface area contributed by atoms with Crippen molar-refractivity contribution in [3.63, 3.8) is 0 Å². The van der Waals surface area contributed by atoms with E-state index in [1.165, 1.54) is 0 Å². The Morgan fingerprint density at radius 1 is 1.42 bits per heavy atom. The Morgan fingerprint density at radius 2 is 2.16 bits per heavy atom. The van der Waals surface area contributed by atoms with Crippen molar-refractivity contribution in [1.82, 2.24) is 4.90 Å². The monoisotopic (exact) mass is 262 g/mol. The zero-order valence-corrected chi connectivity index (χ0v) is 11.5. The van der Waals surface area contributed by atoms with Crippen molar-refractivity contribution < 1.29 is 9.90 Å².